The molecule has 0 aliphatic heterocycles. The van der Waals surface area contributed by atoms with Crippen LogP contribution in [0, 0.1) is 0 Å². The molecule has 7 nitrogen and oxygen atoms in total. The molecule has 2 amide bonds. The molecule has 3 aromatic rings. The van der Waals surface area contributed by atoms with Gasteiger partial charge >= 0.3 is 5.97 Å². The number of Topliss-reactive ketones (excluding diaryl/α,β-unsaturated/α-hetero) is 1. The lowest BCUT2D eigenvalue weighted by molar-refractivity contribution is -0.121. The van der Waals surface area contributed by atoms with E-state index in [4.69, 9.17) is 33.7 Å². The molecule has 36 heavy (non-hydrogen) atoms. The van der Waals surface area contributed by atoms with E-state index in [1.54, 1.807) is 72.8 Å². The molecule has 9 heteroatoms. The second-order valence-corrected chi connectivity index (χ2v) is 8.94. The third-order valence-corrected chi connectivity index (χ3v) is 5.80. The van der Waals surface area contributed by atoms with E-state index >= 15 is 0 Å². The Morgan fingerprint density at radius 3 is 1.89 bits per heavy atom. The fourth-order valence-electron chi connectivity index (χ4n) is 3.38. The van der Waals surface area contributed by atoms with Gasteiger partial charge in [-0.15, -0.1) is 0 Å². The van der Waals surface area contributed by atoms with Crippen LogP contribution in [0.2, 0.25) is 10.0 Å². The summed E-state index contributed by atoms with van der Waals surface area (Å²) in [6.45, 7) is 0. The summed E-state index contributed by atoms with van der Waals surface area (Å²) in [4.78, 5) is 48.9. The van der Waals surface area contributed by atoms with Crippen molar-refractivity contribution in [2.75, 3.05) is 0 Å². The highest BCUT2D eigenvalue weighted by Crippen LogP contribution is 2.18. The zero-order valence-corrected chi connectivity index (χ0v) is 20.7. The van der Waals surface area contributed by atoms with E-state index in [-0.39, 0.29) is 25.0 Å². The molecule has 0 aromatic heterocycles. The van der Waals surface area contributed by atoms with Gasteiger partial charge in [-0.1, -0.05) is 35.3 Å². The van der Waals surface area contributed by atoms with Crippen LogP contribution >= 0.6 is 23.2 Å². The Bertz CT molecular complexity index is 1230. The van der Waals surface area contributed by atoms with Crippen LogP contribution in [0.25, 0.3) is 0 Å². The molecule has 0 spiro atoms. The molecular formula is C27H24Cl2N2O5. The Balaban J connectivity index is 1.68. The summed E-state index contributed by atoms with van der Waals surface area (Å²) in [5.41, 5.74) is 6.63. The van der Waals surface area contributed by atoms with Gasteiger partial charge in [-0.2, -0.15) is 0 Å². The molecule has 1 atom stereocenters. The Kier molecular flexibility index (Phi) is 9.61. The maximum absolute atomic E-state index is 12.9. The summed E-state index contributed by atoms with van der Waals surface area (Å²) in [5, 5.41) is 3.77. The van der Waals surface area contributed by atoms with Gasteiger partial charge in [0, 0.05) is 28.5 Å². The molecule has 0 fully saturated rings. The lowest BCUT2D eigenvalue weighted by Crippen LogP contribution is -2.42. The molecule has 0 heterocycles. The van der Waals surface area contributed by atoms with Crippen molar-refractivity contribution in [1.82, 2.24) is 5.32 Å². The number of halogens is 2. The standard InChI is InChI=1S/C27H24Cl2N2O5/c28-20-10-6-18(7-11-20)26(34)31-23(24(32)2-1-3-25(30)33)16-17-4-14-22(15-5-17)36-27(35)19-8-12-21(29)13-9-19/h4-15,23H,1-3,16H2,(H2,30,33)(H,31,34). The van der Waals surface area contributed by atoms with Gasteiger partial charge in [0.1, 0.15) is 5.75 Å². The molecule has 3 rings (SSSR count). The van der Waals surface area contributed by atoms with Gasteiger partial charge < -0.3 is 15.8 Å². The first-order valence-electron chi connectivity index (χ1n) is 11.2. The van der Waals surface area contributed by atoms with Crippen molar-refractivity contribution in [3.8, 4) is 5.75 Å². The normalized spacial score (nSPS) is 11.4. The molecule has 0 aliphatic rings. The average molecular weight is 527 g/mol. The highest BCUT2D eigenvalue weighted by atomic mass is 35.5. The van der Waals surface area contributed by atoms with E-state index < -0.39 is 23.8 Å². The molecule has 0 saturated carbocycles. The van der Waals surface area contributed by atoms with Gasteiger partial charge in [-0.05, 0) is 79.1 Å². The quantitative estimate of drug-likeness (QED) is 0.275. The van der Waals surface area contributed by atoms with E-state index in [0.29, 0.717) is 33.3 Å². The molecule has 0 aliphatic carbocycles. The van der Waals surface area contributed by atoms with Crippen LogP contribution in [-0.2, 0) is 16.0 Å². The molecule has 3 aromatic carbocycles. The zero-order valence-electron chi connectivity index (χ0n) is 19.2. The van der Waals surface area contributed by atoms with Gasteiger partial charge in [0.2, 0.25) is 5.91 Å². The summed E-state index contributed by atoms with van der Waals surface area (Å²) in [6, 6.07) is 18.4. The number of nitrogens with two attached hydrogens (primary N) is 1. The first kappa shape index (κ1) is 26.9. The number of esters is 1. The van der Waals surface area contributed by atoms with Crippen LogP contribution in [0.4, 0.5) is 0 Å². The van der Waals surface area contributed by atoms with Crippen LogP contribution in [0.5, 0.6) is 5.75 Å². The number of nitrogens with one attached hydrogen (secondary N) is 1. The number of carbonyl (C=O) groups excluding carboxylic acids is 4. The number of primary amides is 1. The lowest BCUT2D eigenvalue weighted by Gasteiger charge is -2.18. The second-order valence-electron chi connectivity index (χ2n) is 8.06. The van der Waals surface area contributed by atoms with Crippen LogP contribution in [-0.4, -0.2) is 29.6 Å². The summed E-state index contributed by atoms with van der Waals surface area (Å²) in [7, 11) is 0. The molecule has 186 valence electrons. The summed E-state index contributed by atoms with van der Waals surface area (Å²) >= 11 is 11.7. The van der Waals surface area contributed by atoms with Crippen LogP contribution < -0.4 is 15.8 Å². The summed E-state index contributed by atoms with van der Waals surface area (Å²) in [6.07, 6.45) is 0.670. The number of hydrogen-bond acceptors (Lipinski definition) is 5. The fraction of sp³-hybridized carbons (Fsp3) is 0.185. The number of ether oxygens (including phenoxy) is 1. The highest BCUT2D eigenvalue weighted by Gasteiger charge is 2.22. The minimum atomic E-state index is -0.830. The molecule has 0 bridgehead atoms. The van der Waals surface area contributed by atoms with Gasteiger partial charge in [-0.3, -0.25) is 14.4 Å². The summed E-state index contributed by atoms with van der Waals surface area (Å²) < 4.78 is 5.38. The fourth-order valence-corrected chi connectivity index (χ4v) is 3.63. The topological polar surface area (TPSA) is 116 Å². The zero-order chi connectivity index (χ0) is 26.1. The van der Waals surface area contributed by atoms with Crippen LogP contribution in [0.3, 0.4) is 0 Å². The van der Waals surface area contributed by atoms with E-state index in [0.717, 1.165) is 5.56 Å². The predicted molar refractivity (Wildman–Crippen MR) is 137 cm³/mol. The van der Waals surface area contributed by atoms with E-state index in [9.17, 15) is 19.2 Å². The second kappa shape index (κ2) is 12.9. The van der Waals surface area contributed by atoms with Crippen molar-refractivity contribution < 1.29 is 23.9 Å². The monoisotopic (exact) mass is 526 g/mol. The third kappa shape index (κ3) is 8.22. The Morgan fingerprint density at radius 1 is 0.778 bits per heavy atom. The summed E-state index contributed by atoms with van der Waals surface area (Å²) in [5.74, 6) is -1.34. The first-order chi connectivity index (χ1) is 17.2. The molecule has 0 radical (unpaired) electrons. The molecule has 0 saturated heterocycles. The SMILES string of the molecule is NC(=O)CCCC(=O)C(Cc1ccc(OC(=O)c2ccc(Cl)cc2)cc1)NC(=O)c1ccc(Cl)cc1. The smallest absolute Gasteiger partial charge is 0.343 e. The predicted octanol–water partition coefficient (Wildman–Crippen LogP) is 4.78. The van der Waals surface area contributed by atoms with Crippen molar-refractivity contribution in [3.63, 3.8) is 0 Å². The van der Waals surface area contributed by atoms with Crippen LogP contribution in [0.1, 0.15) is 45.5 Å². The third-order valence-electron chi connectivity index (χ3n) is 5.30. The molecule has 1 unspecified atom stereocenters. The number of rotatable bonds is 11. The van der Waals surface area contributed by atoms with Crippen molar-refractivity contribution in [3.05, 3.63) is 99.5 Å². The van der Waals surface area contributed by atoms with Crippen molar-refractivity contribution >= 4 is 46.8 Å². The number of carbonyl (C=O) groups is 4. The van der Waals surface area contributed by atoms with E-state index in [2.05, 4.69) is 5.32 Å². The van der Waals surface area contributed by atoms with Gasteiger partial charge in [0.15, 0.2) is 5.78 Å². The minimum Gasteiger partial charge on any atom is -0.423 e. The molecular weight excluding hydrogens is 503 g/mol. The largest absolute Gasteiger partial charge is 0.423 e. The van der Waals surface area contributed by atoms with Crippen molar-refractivity contribution in [2.24, 2.45) is 5.73 Å². The molecule has 3 N–H and O–H groups in total. The number of hydrogen-bond donors (Lipinski definition) is 2. The number of benzene rings is 3. The van der Waals surface area contributed by atoms with Crippen LogP contribution in [0.15, 0.2) is 72.8 Å². The van der Waals surface area contributed by atoms with E-state index in [1.807, 2.05) is 0 Å². The lowest BCUT2D eigenvalue weighted by atomic mass is 9.98. The van der Waals surface area contributed by atoms with Crippen molar-refractivity contribution in [2.45, 2.75) is 31.7 Å². The van der Waals surface area contributed by atoms with Gasteiger partial charge in [0.05, 0.1) is 11.6 Å². The first-order valence-corrected chi connectivity index (χ1v) is 11.9. The Morgan fingerprint density at radius 2 is 1.33 bits per heavy atom. The highest BCUT2D eigenvalue weighted by molar-refractivity contribution is 6.31. The number of ketones is 1. The van der Waals surface area contributed by atoms with Gasteiger partial charge in [-0.25, -0.2) is 4.79 Å². The number of amides is 2. The maximum Gasteiger partial charge on any atom is 0.343 e. The van der Waals surface area contributed by atoms with Gasteiger partial charge in [0.25, 0.3) is 5.91 Å². The Labute approximate surface area is 218 Å². The Hall–Kier alpha value is -3.68. The van der Waals surface area contributed by atoms with Crippen molar-refractivity contribution in [1.29, 1.82) is 0 Å². The minimum absolute atomic E-state index is 0.0806. The average Bonchev–Trinajstić information content (AvgIpc) is 2.85. The maximum atomic E-state index is 12.9. The van der Waals surface area contributed by atoms with E-state index in [1.165, 1.54) is 0 Å².